The van der Waals surface area contributed by atoms with Gasteiger partial charge in [0.1, 0.15) is 11.6 Å². The number of halogens is 2. The number of piperidine rings is 1. The van der Waals surface area contributed by atoms with Crippen LogP contribution in [0.5, 0.6) is 0 Å². The Labute approximate surface area is 151 Å². The third-order valence-electron chi connectivity index (χ3n) is 4.55. The average molecular weight is 363 g/mol. The number of hydrogen-bond donors (Lipinski definition) is 0. The van der Waals surface area contributed by atoms with E-state index in [1.54, 1.807) is 42.7 Å². The van der Waals surface area contributed by atoms with Crippen molar-refractivity contribution in [3.63, 3.8) is 0 Å². The van der Waals surface area contributed by atoms with Gasteiger partial charge in [0.15, 0.2) is 0 Å². The number of rotatable bonds is 4. The highest BCUT2D eigenvalue weighted by Gasteiger charge is 2.28. The molecule has 1 aromatic heterocycles. The number of nitrogens with zero attached hydrogens (tertiary/aromatic N) is 4. The van der Waals surface area contributed by atoms with E-state index in [0.717, 1.165) is 31.7 Å². The summed E-state index contributed by atoms with van der Waals surface area (Å²) in [5.41, 5.74) is 0.358. The first-order chi connectivity index (χ1) is 12.1. The Hall–Kier alpha value is -2.21. The third kappa shape index (κ3) is 4.07. The Morgan fingerprint density at radius 2 is 2.12 bits per heavy atom. The topological polar surface area (TPSA) is 49.3 Å². The van der Waals surface area contributed by atoms with Gasteiger partial charge in [0.25, 0.3) is 0 Å². The number of benzene rings is 1. The summed E-state index contributed by atoms with van der Waals surface area (Å²) in [7, 11) is 1.69. The second kappa shape index (κ2) is 7.78. The average Bonchev–Trinajstić information content (AvgIpc) is 2.65. The number of anilines is 1. The molecule has 0 saturated carbocycles. The van der Waals surface area contributed by atoms with Crippen LogP contribution in [-0.4, -0.2) is 40.9 Å². The van der Waals surface area contributed by atoms with Crippen LogP contribution in [0.1, 0.15) is 18.4 Å². The van der Waals surface area contributed by atoms with Gasteiger partial charge < -0.3 is 9.80 Å². The molecule has 3 rings (SSSR count). The highest BCUT2D eigenvalue weighted by molar-refractivity contribution is 6.31. The van der Waals surface area contributed by atoms with E-state index >= 15 is 0 Å². The van der Waals surface area contributed by atoms with Gasteiger partial charge in [-0.2, -0.15) is 0 Å². The molecule has 0 unspecified atom stereocenters. The number of amides is 1. The zero-order valence-corrected chi connectivity index (χ0v) is 14.8. The first kappa shape index (κ1) is 17.6. The SMILES string of the molecule is CN(Cc1c(F)cccc1Cl)C(=O)C1CCN(c2cnccn2)CC1. The molecule has 2 aromatic rings. The fraction of sp³-hybridized carbons (Fsp3) is 0.389. The normalized spacial score (nSPS) is 15.2. The van der Waals surface area contributed by atoms with Crippen LogP contribution in [0, 0.1) is 11.7 Å². The van der Waals surface area contributed by atoms with Crippen LogP contribution in [0.4, 0.5) is 10.2 Å². The van der Waals surface area contributed by atoms with Crippen molar-refractivity contribution in [2.24, 2.45) is 5.92 Å². The highest BCUT2D eigenvalue weighted by Crippen LogP contribution is 2.25. The van der Waals surface area contributed by atoms with Gasteiger partial charge in [-0.25, -0.2) is 9.37 Å². The van der Waals surface area contributed by atoms with Crippen molar-refractivity contribution < 1.29 is 9.18 Å². The summed E-state index contributed by atoms with van der Waals surface area (Å²) in [6.07, 6.45) is 6.52. The minimum absolute atomic E-state index is 0.0260. The molecular weight excluding hydrogens is 343 g/mol. The van der Waals surface area contributed by atoms with Gasteiger partial charge in [-0.15, -0.1) is 0 Å². The molecular formula is C18H20ClFN4O. The molecule has 7 heteroatoms. The quantitative estimate of drug-likeness (QED) is 0.838. The number of carbonyl (C=O) groups is 1. The van der Waals surface area contributed by atoms with Gasteiger partial charge in [0.05, 0.1) is 6.20 Å². The summed E-state index contributed by atoms with van der Waals surface area (Å²) >= 11 is 6.05. The standard InChI is InChI=1S/C18H20ClFN4O/c1-23(12-14-15(19)3-2-4-16(14)20)18(25)13-5-9-24(10-6-13)17-11-21-7-8-22-17/h2-4,7-8,11,13H,5-6,9-10,12H2,1H3. The maximum Gasteiger partial charge on any atom is 0.225 e. The van der Waals surface area contributed by atoms with Crippen LogP contribution >= 0.6 is 11.6 Å². The fourth-order valence-electron chi connectivity index (χ4n) is 3.12. The molecule has 5 nitrogen and oxygen atoms in total. The Morgan fingerprint density at radius 1 is 1.36 bits per heavy atom. The van der Waals surface area contributed by atoms with Crippen molar-refractivity contribution in [1.82, 2.24) is 14.9 Å². The molecule has 0 spiro atoms. The molecule has 0 aliphatic carbocycles. The molecule has 2 heterocycles. The summed E-state index contributed by atoms with van der Waals surface area (Å²) in [5.74, 6) is 0.408. The molecule has 0 N–H and O–H groups in total. The monoisotopic (exact) mass is 362 g/mol. The van der Waals surface area contributed by atoms with E-state index in [4.69, 9.17) is 11.6 Å². The number of aromatic nitrogens is 2. The van der Waals surface area contributed by atoms with E-state index in [-0.39, 0.29) is 24.2 Å². The largest absolute Gasteiger partial charge is 0.355 e. The Morgan fingerprint density at radius 3 is 2.76 bits per heavy atom. The summed E-state index contributed by atoms with van der Waals surface area (Å²) in [6, 6.07) is 4.56. The van der Waals surface area contributed by atoms with Crippen molar-refractivity contribution >= 4 is 23.3 Å². The molecule has 1 aliphatic rings. The van der Waals surface area contributed by atoms with Gasteiger partial charge in [-0.1, -0.05) is 17.7 Å². The second-order valence-corrected chi connectivity index (χ2v) is 6.63. The van der Waals surface area contributed by atoms with Gasteiger partial charge >= 0.3 is 0 Å². The molecule has 1 amide bonds. The van der Waals surface area contributed by atoms with E-state index in [1.807, 2.05) is 0 Å². The lowest BCUT2D eigenvalue weighted by Crippen LogP contribution is -2.41. The van der Waals surface area contributed by atoms with Gasteiger partial charge in [-0.05, 0) is 25.0 Å². The van der Waals surface area contributed by atoms with Crippen LogP contribution in [0.25, 0.3) is 0 Å². The summed E-state index contributed by atoms with van der Waals surface area (Å²) in [4.78, 5) is 24.7. The van der Waals surface area contributed by atoms with Gasteiger partial charge in [-0.3, -0.25) is 9.78 Å². The number of carbonyl (C=O) groups excluding carboxylic acids is 1. The lowest BCUT2D eigenvalue weighted by atomic mass is 9.95. The molecule has 0 bridgehead atoms. The highest BCUT2D eigenvalue weighted by atomic mass is 35.5. The zero-order chi connectivity index (χ0) is 17.8. The first-order valence-corrected chi connectivity index (χ1v) is 8.63. The molecule has 1 aliphatic heterocycles. The van der Waals surface area contributed by atoms with E-state index in [9.17, 15) is 9.18 Å². The fourth-order valence-corrected chi connectivity index (χ4v) is 3.34. The third-order valence-corrected chi connectivity index (χ3v) is 4.91. The Bertz CT molecular complexity index is 715. The summed E-state index contributed by atoms with van der Waals surface area (Å²) < 4.78 is 13.9. The van der Waals surface area contributed by atoms with Crippen molar-refractivity contribution in [2.45, 2.75) is 19.4 Å². The summed E-state index contributed by atoms with van der Waals surface area (Å²) in [5, 5.41) is 0.345. The molecule has 0 atom stereocenters. The molecule has 1 fully saturated rings. The van der Waals surface area contributed by atoms with Crippen LogP contribution in [0.3, 0.4) is 0 Å². The van der Waals surface area contributed by atoms with Crippen LogP contribution < -0.4 is 4.90 Å². The maximum atomic E-state index is 13.9. The van der Waals surface area contributed by atoms with Crippen LogP contribution in [0.15, 0.2) is 36.8 Å². The van der Waals surface area contributed by atoms with Crippen LogP contribution in [-0.2, 0) is 11.3 Å². The molecule has 132 valence electrons. The van der Waals surface area contributed by atoms with Gasteiger partial charge in [0.2, 0.25) is 5.91 Å². The van der Waals surface area contributed by atoms with Crippen LogP contribution in [0.2, 0.25) is 5.02 Å². The van der Waals surface area contributed by atoms with Crippen molar-refractivity contribution in [3.8, 4) is 0 Å². The van der Waals surface area contributed by atoms with E-state index < -0.39 is 0 Å². The molecule has 25 heavy (non-hydrogen) atoms. The minimum Gasteiger partial charge on any atom is -0.355 e. The van der Waals surface area contributed by atoms with E-state index in [0.29, 0.717) is 10.6 Å². The predicted octanol–water partition coefficient (Wildman–Crippen LogP) is 3.14. The van der Waals surface area contributed by atoms with E-state index in [1.165, 1.54) is 6.07 Å². The van der Waals surface area contributed by atoms with Gasteiger partial charge in [0, 0.05) is 55.6 Å². The minimum atomic E-state index is -0.385. The summed E-state index contributed by atoms with van der Waals surface area (Å²) in [6.45, 7) is 1.68. The van der Waals surface area contributed by atoms with E-state index in [2.05, 4.69) is 14.9 Å². The smallest absolute Gasteiger partial charge is 0.225 e. The molecule has 1 saturated heterocycles. The Balaban J connectivity index is 1.59. The maximum absolute atomic E-state index is 13.9. The Kier molecular flexibility index (Phi) is 5.48. The predicted molar refractivity (Wildman–Crippen MR) is 94.9 cm³/mol. The van der Waals surface area contributed by atoms with Crippen molar-refractivity contribution in [2.75, 3.05) is 25.0 Å². The molecule has 0 radical (unpaired) electrons. The lowest BCUT2D eigenvalue weighted by Gasteiger charge is -2.33. The zero-order valence-electron chi connectivity index (χ0n) is 14.0. The second-order valence-electron chi connectivity index (χ2n) is 6.22. The number of hydrogen-bond acceptors (Lipinski definition) is 4. The lowest BCUT2D eigenvalue weighted by molar-refractivity contribution is -0.135. The van der Waals surface area contributed by atoms with Crippen molar-refractivity contribution in [1.29, 1.82) is 0 Å². The van der Waals surface area contributed by atoms with Crippen molar-refractivity contribution in [3.05, 3.63) is 53.2 Å². The first-order valence-electron chi connectivity index (χ1n) is 8.25. The molecule has 1 aromatic carbocycles.